The molecule has 4 rings (SSSR count). The van der Waals surface area contributed by atoms with Gasteiger partial charge in [0.2, 0.25) is 6.10 Å². The first-order chi connectivity index (χ1) is 12.2. The average molecular weight is 356 g/mol. The number of hydrogen-bond acceptors (Lipinski definition) is 5. The summed E-state index contributed by atoms with van der Waals surface area (Å²) in [4.78, 5) is 17.4. The van der Waals surface area contributed by atoms with Crippen LogP contribution in [0.3, 0.4) is 0 Å². The van der Waals surface area contributed by atoms with Crippen LogP contribution in [0.15, 0.2) is 47.5 Å². The van der Waals surface area contributed by atoms with Crippen molar-refractivity contribution in [2.45, 2.75) is 6.10 Å². The Balaban J connectivity index is 1.66. The zero-order valence-electron chi connectivity index (χ0n) is 13.8. The molecule has 0 saturated carbocycles. The van der Waals surface area contributed by atoms with Gasteiger partial charge in [0.15, 0.2) is 16.3 Å². The summed E-state index contributed by atoms with van der Waals surface area (Å²) in [7, 11) is 3.51. The lowest BCUT2D eigenvalue weighted by molar-refractivity contribution is -0.127. The fraction of sp³-hybridized carbons (Fsp3) is 0.222. The molecule has 2 aromatic carbocycles. The van der Waals surface area contributed by atoms with Gasteiger partial charge in [0.05, 0.1) is 17.3 Å². The molecule has 0 saturated heterocycles. The van der Waals surface area contributed by atoms with Gasteiger partial charge in [0.25, 0.3) is 5.91 Å². The number of aromatic nitrogens is 1. The van der Waals surface area contributed by atoms with E-state index in [9.17, 15) is 4.79 Å². The third-order valence-corrected chi connectivity index (χ3v) is 5.10. The van der Waals surface area contributed by atoms with Gasteiger partial charge in [-0.1, -0.05) is 23.5 Å². The van der Waals surface area contributed by atoms with Crippen molar-refractivity contribution >= 4 is 27.5 Å². The maximum Gasteiger partial charge on any atom is 0.292 e. The predicted octanol–water partition coefficient (Wildman–Crippen LogP) is 2.52. The number of fused-ring (bicyclic) bond motifs is 2. The Morgan fingerprint density at radius 2 is 2.08 bits per heavy atom. The summed E-state index contributed by atoms with van der Waals surface area (Å²) in [6.45, 7) is 0.155. The van der Waals surface area contributed by atoms with Gasteiger partial charge in [0.1, 0.15) is 12.4 Å². The smallest absolute Gasteiger partial charge is 0.292 e. The molecule has 6 nitrogen and oxygen atoms in total. The molecule has 1 unspecified atom stereocenters. The quantitative estimate of drug-likeness (QED) is 0.708. The molecule has 2 heterocycles. The molecular formula is C18H16N2O4S. The summed E-state index contributed by atoms with van der Waals surface area (Å²) in [6.07, 6.45) is -0.741. The third kappa shape index (κ3) is 2.87. The lowest BCUT2D eigenvalue weighted by atomic mass is 10.2. The molecule has 1 atom stereocenters. The lowest BCUT2D eigenvalue weighted by Crippen LogP contribution is -2.36. The standard InChI is InChI=1S/C18H16N2O4S/c1-20-12-8-7-11(22-2)9-16(12)25-18(20)19-17(21)15-10-23-13-5-3-4-6-14(13)24-15/h3-9,15H,10H2,1-2H3. The maximum atomic E-state index is 12.5. The van der Waals surface area contributed by atoms with E-state index in [-0.39, 0.29) is 12.5 Å². The number of amides is 1. The van der Waals surface area contributed by atoms with Crippen molar-refractivity contribution in [3.8, 4) is 17.2 Å². The van der Waals surface area contributed by atoms with E-state index in [0.717, 1.165) is 16.0 Å². The molecule has 7 heteroatoms. The number of ether oxygens (including phenoxy) is 3. The van der Waals surface area contributed by atoms with E-state index < -0.39 is 6.10 Å². The van der Waals surface area contributed by atoms with Gasteiger partial charge in [0, 0.05) is 7.05 Å². The summed E-state index contributed by atoms with van der Waals surface area (Å²) >= 11 is 1.43. The first kappa shape index (κ1) is 15.7. The normalized spacial score (nSPS) is 16.9. The van der Waals surface area contributed by atoms with E-state index in [4.69, 9.17) is 14.2 Å². The van der Waals surface area contributed by atoms with Crippen molar-refractivity contribution in [3.63, 3.8) is 0 Å². The molecule has 3 aromatic rings. The highest BCUT2D eigenvalue weighted by Crippen LogP contribution is 2.31. The minimum atomic E-state index is -0.741. The Bertz CT molecular complexity index is 1020. The molecular weight excluding hydrogens is 340 g/mol. The molecule has 25 heavy (non-hydrogen) atoms. The summed E-state index contributed by atoms with van der Waals surface area (Å²) in [5.41, 5.74) is 0.989. The van der Waals surface area contributed by atoms with Gasteiger partial charge in [-0.15, -0.1) is 0 Å². The number of nitrogens with zero attached hydrogens (tertiary/aromatic N) is 2. The highest BCUT2D eigenvalue weighted by Gasteiger charge is 2.27. The first-order valence-corrected chi connectivity index (χ1v) is 8.58. The van der Waals surface area contributed by atoms with Crippen molar-refractivity contribution in [3.05, 3.63) is 47.3 Å². The third-order valence-electron chi connectivity index (χ3n) is 4.01. The molecule has 1 aliphatic rings. The van der Waals surface area contributed by atoms with Crippen molar-refractivity contribution in [1.82, 2.24) is 4.57 Å². The number of benzene rings is 2. The number of thiazole rings is 1. The van der Waals surface area contributed by atoms with Gasteiger partial charge in [-0.3, -0.25) is 4.79 Å². The molecule has 1 aliphatic heterocycles. The number of carbonyl (C=O) groups excluding carboxylic acids is 1. The van der Waals surface area contributed by atoms with Gasteiger partial charge in [-0.25, -0.2) is 0 Å². The number of hydrogen-bond donors (Lipinski definition) is 0. The summed E-state index contributed by atoms with van der Waals surface area (Å²) in [6, 6.07) is 13.1. The number of aryl methyl sites for hydroxylation is 1. The van der Waals surface area contributed by atoms with Crippen LogP contribution in [-0.4, -0.2) is 30.3 Å². The van der Waals surface area contributed by atoms with Gasteiger partial charge >= 0.3 is 0 Å². The molecule has 0 N–H and O–H groups in total. The Kier molecular flexibility index (Phi) is 3.93. The van der Waals surface area contributed by atoms with Crippen molar-refractivity contribution < 1.29 is 19.0 Å². The van der Waals surface area contributed by atoms with Gasteiger partial charge in [-0.2, -0.15) is 4.99 Å². The van der Waals surface area contributed by atoms with E-state index in [1.54, 1.807) is 13.2 Å². The minimum Gasteiger partial charge on any atom is -0.497 e. The van der Waals surface area contributed by atoms with Crippen LogP contribution in [-0.2, 0) is 11.8 Å². The van der Waals surface area contributed by atoms with Crippen LogP contribution >= 0.6 is 11.3 Å². The summed E-state index contributed by atoms with van der Waals surface area (Å²) in [5, 5.41) is 0. The average Bonchev–Trinajstić information content (AvgIpc) is 2.96. The Labute approximate surface area is 147 Å². The monoisotopic (exact) mass is 356 g/mol. The second-order valence-corrected chi connectivity index (χ2v) is 6.60. The largest absolute Gasteiger partial charge is 0.497 e. The number of methoxy groups -OCH3 is 1. The molecule has 128 valence electrons. The van der Waals surface area contributed by atoms with Crippen LogP contribution in [0.1, 0.15) is 0 Å². The molecule has 1 amide bonds. The van der Waals surface area contributed by atoms with Crippen LogP contribution in [0.25, 0.3) is 10.2 Å². The fourth-order valence-corrected chi connectivity index (χ4v) is 3.71. The van der Waals surface area contributed by atoms with Crippen LogP contribution < -0.4 is 19.0 Å². The van der Waals surface area contributed by atoms with E-state index in [0.29, 0.717) is 16.3 Å². The van der Waals surface area contributed by atoms with Gasteiger partial charge in [-0.05, 0) is 30.3 Å². The van der Waals surface area contributed by atoms with Crippen molar-refractivity contribution in [1.29, 1.82) is 0 Å². The molecule has 0 bridgehead atoms. The SMILES string of the molecule is COc1ccc2c(c1)sc(=NC(=O)C1COc3ccccc3O1)n2C. The number of rotatable bonds is 2. The van der Waals surface area contributed by atoms with Gasteiger partial charge < -0.3 is 18.8 Å². The minimum absolute atomic E-state index is 0.155. The van der Waals surface area contributed by atoms with E-state index >= 15 is 0 Å². The van der Waals surface area contributed by atoms with Crippen LogP contribution in [0, 0.1) is 0 Å². The summed E-state index contributed by atoms with van der Waals surface area (Å²) in [5.74, 6) is 1.62. The fourth-order valence-electron chi connectivity index (χ4n) is 2.66. The zero-order valence-corrected chi connectivity index (χ0v) is 14.6. The summed E-state index contributed by atoms with van der Waals surface area (Å²) < 4.78 is 19.4. The zero-order chi connectivity index (χ0) is 17.4. The first-order valence-electron chi connectivity index (χ1n) is 7.76. The van der Waals surface area contributed by atoms with E-state index in [1.165, 1.54) is 11.3 Å². The Hall–Kier alpha value is -2.80. The second kappa shape index (κ2) is 6.25. The van der Waals surface area contributed by atoms with Crippen LogP contribution in [0.2, 0.25) is 0 Å². The molecule has 0 radical (unpaired) electrons. The van der Waals surface area contributed by atoms with Crippen molar-refractivity contribution in [2.24, 2.45) is 12.0 Å². The Morgan fingerprint density at radius 1 is 1.28 bits per heavy atom. The molecule has 0 aliphatic carbocycles. The number of carbonyl (C=O) groups is 1. The van der Waals surface area contributed by atoms with E-state index in [2.05, 4.69) is 4.99 Å². The molecule has 0 fully saturated rings. The highest BCUT2D eigenvalue weighted by atomic mass is 32.1. The number of para-hydroxylation sites is 2. The van der Waals surface area contributed by atoms with Crippen LogP contribution in [0.5, 0.6) is 17.2 Å². The lowest BCUT2D eigenvalue weighted by Gasteiger charge is -2.23. The van der Waals surface area contributed by atoms with Crippen molar-refractivity contribution in [2.75, 3.05) is 13.7 Å². The second-order valence-electron chi connectivity index (χ2n) is 5.59. The maximum absolute atomic E-state index is 12.5. The molecule has 0 spiro atoms. The van der Waals surface area contributed by atoms with Crippen LogP contribution in [0.4, 0.5) is 0 Å². The predicted molar refractivity (Wildman–Crippen MR) is 94.3 cm³/mol. The topological polar surface area (TPSA) is 62.1 Å². The molecule has 1 aromatic heterocycles. The Morgan fingerprint density at radius 3 is 2.88 bits per heavy atom. The highest BCUT2D eigenvalue weighted by molar-refractivity contribution is 7.16. The van der Waals surface area contributed by atoms with E-state index in [1.807, 2.05) is 48.0 Å².